The van der Waals surface area contributed by atoms with Crippen molar-refractivity contribution in [1.82, 2.24) is 5.32 Å². The van der Waals surface area contributed by atoms with Crippen molar-refractivity contribution in [3.05, 3.63) is 29.3 Å². The van der Waals surface area contributed by atoms with Crippen molar-refractivity contribution in [2.24, 2.45) is 5.92 Å². The summed E-state index contributed by atoms with van der Waals surface area (Å²) < 4.78 is 25.6. The molecule has 25 heavy (non-hydrogen) atoms. The number of hydrogen-bond acceptors (Lipinski definition) is 3. The normalized spacial score (nSPS) is 12.7. The SMILES string of the molecule is CCCCC(CC)CNC(=O)CN(c1ccc(C)cc1C)S(C)(=O)=O. The molecular weight excluding hydrogens is 336 g/mol. The second-order valence-electron chi connectivity index (χ2n) is 6.78. The first kappa shape index (κ1) is 21.5. The Morgan fingerprint density at radius 2 is 1.92 bits per heavy atom. The number of hydrogen-bond donors (Lipinski definition) is 1. The molecule has 1 rings (SSSR count). The largest absolute Gasteiger partial charge is 0.354 e. The Morgan fingerprint density at radius 1 is 1.24 bits per heavy atom. The summed E-state index contributed by atoms with van der Waals surface area (Å²) in [5, 5.41) is 2.90. The summed E-state index contributed by atoms with van der Waals surface area (Å²) >= 11 is 0. The molecule has 1 N–H and O–H groups in total. The first-order valence-electron chi connectivity index (χ1n) is 9.00. The number of rotatable bonds is 10. The lowest BCUT2D eigenvalue weighted by Crippen LogP contribution is -2.42. The average Bonchev–Trinajstić information content (AvgIpc) is 2.52. The van der Waals surface area contributed by atoms with Crippen LogP contribution >= 0.6 is 0 Å². The van der Waals surface area contributed by atoms with Crippen LogP contribution in [0.2, 0.25) is 0 Å². The van der Waals surface area contributed by atoms with E-state index in [0.29, 0.717) is 18.2 Å². The van der Waals surface area contributed by atoms with E-state index in [1.165, 1.54) is 4.31 Å². The highest BCUT2D eigenvalue weighted by Gasteiger charge is 2.22. The highest BCUT2D eigenvalue weighted by atomic mass is 32.2. The van der Waals surface area contributed by atoms with Crippen molar-refractivity contribution >= 4 is 21.6 Å². The molecule has 0 aliphatic carbocycles. The molecule has 1 unspecified atom stereocenters. The maximum absolute atomic E-state index is 12.3. The zero-order chi connectivity index (χ0) is 19.0. The Bertz CT molecular complexity index is 671. The molecule has 1 aromatic carbocycles. The van der Waals surface area contributed by atoms with E-state index in [0.717, 1.165) is 43.1 Å². The summed E-state index contributed by atoms with van der Waals surface area (Å²) in [6, 6.07) is 5.54. The number of aryl methyl sites for hydroxylation is 2. The van der Waals surface area contributed by atoms with Gasteiger partial charge in [0.1, 0.15) is 6.54 Å². The van der Waals surface area contributed by atoms with Crippen LogP contribution in [0.3, 0.4) is 0 Å². The van der Waals surface area contributed by atoms with Gasteiger partial charge in [0.05, 0.1) is 11.9 Å². The van der Waals surface area contributed by atoms with Crippen molar-refractivity contribution in [3.8, 4) is 0 Å². The Balaban J connectivity index is 2.81. The predicted molar refractivity (Wildman–Crippen MR) is 104 cm³/mol. The van der Waals surface area contributed by atoms with E-state index < -0.39 is 10.0 Å². The van der Waals surface area contributed by atoms with Gasteiger partial charge in [-0.25, -0.2) is 8.42 Å². The molecule has 0 heterocycles. The molecule has 0 aromatic heterocycles. The standard InChI is InChI=1S/C19H32N2O3S/c1-6-8-9-17(7-2)13-20-19(22)14-21(25(5,23)24)18-11-10-15(3)12-16(18)4/h10-12,17H,6-9,13-14H2,1-5H3,(H,20,22). The number of benzene rings is 1. The topological polar surface area (TPSA) is 66.5 Å². The predicted octanol–water partition coefficient (Wildman–Crippen LogP) is 3.40. The third kappa shape index (κ3) is 7.06. The number of nitrogens with one attached hydrogen (secondary N) is 1. The van der Waals surface area contributed by atoms with Gasteiger partial charge in [0.2, 0.25) is 15.9 Å². The van der Waals surface area contributed by atoms with Crippen LogP contribution in [0.1, 0.15) is 50.7 Å². The molecule has 0 spiro atoms. The molecule has 6 heteroatoms. The monoisotopic (exact) mass is 368 g/mol. The highest BCUT2D eigenvalue weighted by Crippen LogP contribution is 2.23. The van der Waals surface area contributed by atoms with Gasteiger partial charge in [0.15, 0.2) is 0 Å². The quantitative estimate of drug-likeness (QED) is 0.688. The molecule has 1 atom stereocenters. The fraction of sp³-hybridized carbons (Fsp3) is 0.632. The van der Waals surface area contributed by atoms with E-state index >= 15 is 0 Å². The summed E-state index contributed by atoms with van der Waals surface area (Å²) in [6.45, 7) is 8.49. The van der Waals surface area contributed by atoms with Crippen LogP contribution in [0, 0.1) is 19.8 Å². The summed E-state index contributed by atoms with van der Waals surface area (Å²) in [4.78, 5) is 12.3. The Morgan fingerprint density at radius 3 is 2.44 bits per heavy atom. The van der Waals surface area contributed by atoms with Gasteiger partial charge in [-0.2, -0.15) is 0 Å². The van der Waals surface area contributed by atoms with Crippen molar-refractivity contribution in [3.63, 3.8) is 0 Å². The molecular formula is C19H32N2O3S. The number of carbonyl (C=O) groups excluding carboxylic acids is 1. The van der Waals surface area contributed by atoms with Gasteiger partial charge in [0, 0.05) is 6.54 Å². The second-order valence-corrected chi connectivity index (χ2v) is 8.69. The van der Waals surface area contributed by atoms with Gasteiger partial charge in [-0.05, 0) is 37.8 Å². The summed E-state index contributed by atoms with van der Waals surface area (Å²) in [5.74, 6) is 0.178. The van der Waals surface area contributed by atoms with E-state index in [4.69, 9.17) is 0 Å². The van der Waals surface area contributed by atoms with Gasteiger partial charge in [0.25, 0.3) is 0 Å². The lowest BCUT2D eigenvalue weighted by Gasteiger charge is -2.24. The molecule has 0 saturated carbocycles. The molecule has 1 aromatic rings. The molecule has 0 aliphatic rings. The lowest BCUT2D eigenvalue weighted by atomic mass is 9.99. The van der Waals surface area contributed by atoms with Crippen LogP contribution in [0.25, 0.3) is 0 Å². The number of nitrogens with zero attached hydrogens (tertiary/aromatic N) is 1. The number of sulfonamides is 1. The minimum absolute atomic E-state index is 0.188. The zero-order valence-corrected chi connectivity index (χ0v) is 16.9. The minimum Gasteiger partial charge on any atom is -0.354 e. The van der Waals surface area contributed by atoms with Crippen LogP contribution in [-0.2, 0) is 14.8 Å². The smallest absolute Gasteiger partial charge is 0.240 e. The third-order valence-corrected chi connectivity index (χ3v) is 5.57. The molecule has 0 aliphatic heterocycles. The van der Waals surface area contributed by atoms with Crippen LogP contribution < -0.4 is 9.62 Å². The summed E-state index contributed by atoms with van der Waals surface area (Å²) in [6.07, 6.45) is 5.51. The van der Waals surface area contributed by atoms with Crippen molar-refractivity contribution < 1.29 is 13.2 Å². The van der Waals surface area contributed by atoms with E-state index in [1.807, 2.05) is 26.0 Å². The van der Waals surface area contributed by atoms with Gasteiger partial charge in [-0.3, -0.25) is 9.10 Å². The Kier molecular flexibility index (Phi) is 8.42. The fourth-order valence-electron chi connectivity index (χ4n) is 2.85. The lowest BCUT2D eigenvalue weighted by molar-refractivity contribution is -0.119. The maximum Gasteiger partial charge on any atom is 0.240 e. The van der Waals surface area contributed by atoms with E-state index in [-0.39, 0.29) is 12.5 Å². The van der Waals surface area contributed by atoms with E-state index in [1.54, 1.807) is 6.07 Å². The average molecular weight is 369 g/mol. The second kappa shape index (κ2) is 9.80. The van der Waals surface area contributed by atoms with Crippen LogP contribution in [0.4, 0.5) is 5.69 Å². The van der Waals surface area contributed by atoms with E-state index in [2.05, 4.69) is 19.2 Å². The number of carbonyl (C=O) groups is 1. The molecule has 1 amide bonds. The summed E-state index contributed by atoms with van der Waals surface area (Å²) in [5.41, 5.74) is 2.45. The van der Waals surface area contributed by atoms with Crippen molar-refractivity contribution in [2.45, 2.75) is 53.4 Å². The highest BCUT2D eigenvalue weighted by molar-refractivity contribution is 7.92. The fourth-order valence-corrected chi connectivity index (χ4v) is 3.77. The third-order valence-electron chi connectivity index (χ3n) is 4.44. The molecule has 142 valence electrons. The number of amides is 1. The molecule has 0 radical (unpaired) electrons. The summed E-state index contributed by atoms with van der Waals surface area (Å²) in [7, 11) is -3.53. The molecule has 0 saturated heterocycles. The zero-order valence-electron chi connectivity index (χ0n) is 16.1. The van der Waals surface area contributed by atoms with Crippen LogP contribution in [-0.4, -0.2) is 33.7 Å². The van der Waals surface area contributed by atoms with Crippen molar-refractivity contribution in [1.29, 1.82) is 0 Å². The Hall–Kier alpha value is -1.56. The molecule has 0 bridgehead atoms. The number of unbranched alkanes of at least 4 members (excludes halogenated alkanes) is 1. The van der Waals surface area contributed by atoms with Crippen LogP contribution in [0.15, 0.2) is 18.2 Å². The van der Waals surface area contributed by atoms with Crippen molar-refractivity contribution in [2.75, 3.05) is 23.7 Å². The first-order chi connectivity index (χ1) is 11.7. The van der Waals surface area contributed by atoms with Crippen LogP contribution in [0.5, 0.6) is 0 Å². The van der Waals surface area contributed by atoms with E-state index in [9.17, 15) is 13.2 Å². The molecule has 5 nitrogen and oxygen atoms in total. The van der Waals surface area contributed by atoms with Gasteiger partial charge in [-0.15, -0.1) is 0 Å². The number of anilines is 1. The minimum atomic E-state index is -3.53. The Labute approximate surface area is 152 Å². The van der Waals surface area contributed by atoms with Gasteiger partial charge < -0.3 is 5.32 Å². The first-order valence-corrected chi connectivity index (χ1v) is 10.9. The molecule has 0 fully saturated rings. The maximum atomic E-state index is 12.3. The van der Waals surface area contributed by atoms with Gasteiger partial charge >= 0.3 is 0 Å². The van der Waals surface area contributed by atoms with Gasteiger partial charge in [-0.1, -0.05) is 50.8 Å².